The van der Waals surface area contributed by atoms with Gasteiger partial charge in [-0.1, -0.05) is 67.4 Å². The number of hydrogen-bond acceptors (Lipinski definition) is 2. The Kier molecular flexibility index (Phi) is 10.5. The molecule has 1 saturated carbocycles. The summed E-state index contributed by atoms with van der Waals surface area (Å²) in [5.41, 5.74) is 3.97. The quantitative estimate of drug-likeness (QED) is 0.524. The predicted octanol–water partition coefficient (Wildman–Crippen LogP) is 6.32. The molecular formula is C26H35FN2. The highest BCUT2D eigenvalue weighted by Gasteiger charge is 2.25. The summed E-state index contributed by atoms with van der Waals surface area (Å²) in [6, 6.07) is 21.2. The van der Waals surface area contributed by atoms with Gasteiger partial charge in [0.1, 0.15) is 6.17 Å². The minimum absolute atomic E-state index is 0.127. The molecule has 0 spiro atoms. The van der Waals surface area contributed by atoms with Crippen LogP contribution in [-0.2, 0) is 12.8 Å². The Hall–Kier alpha value is -2.18. The second-order valence-corrected chi connectivity index (χ2v) is 8.01. The van der Waals surface area contributed by atoms with E-state index in [0.717, 1.165) is 45.2 Å². The first-order chi connectivity index (χ1) is 14.1. The lowest BCUT2D eigenvalue weighted by Gasteiger charge is -2.26. The lowest BCUT2D eigenvalue weighted by Crippen LogP contribution is -2.22. The van der Waals surface area contributed by atoms with Gasteiger partial charge >= 0.3 is 0 Å². The van der Waals surface area contributed by atoms with Crippen molar-refractivity contribution in [2.75, 3.05) is 20.1 Å². The molecule has 29 heavy (non-hydrogen) atoms. The summed E-state index contributed by atoms with van der Waals surface area (Å²) in [7, 11) is 2.20. The van der Waals surface area contributed by atoms with E-state index >= 15 is 0 Å². The molecule has 0 aliphatic heterocycles. The van der Waals surface area contributed by atoms with E-state index in [1.807, 2.05) is 0 Å². The number of benzene rings is 2. The average molecular weight is 395 g/mol. The van der Waals surface area contributed by atoms with E-state index in [1.165, 1.54) is 36.5 Å². The maximum Gasteiger partial charge on any atom is 0.107 e. The molecule has 3 heteroatoms. The molecule has 2 nitrogen and oxygen atoms in total. The molecule has 0 amide bonds. The van der Waals surface area contributed by atoms with Gasteiger partial charge in [0.15, 0.2) is 0 Å². The third-order valence-corrected chi connectivity index (χ3v) is 5.72. The van der Waals surface area contributed by atoms with Crippen LogP contribution in [0.3, 0.4) is 0 Å². The van der Waals surface area contributed by atoms with Gasteiger partial charge in [-0.3, -0.25) is 0 Å². The molecule has 0 radical (unpaired) electrons. The molecule has 1 aliphatic carbocycles. The normalized spacial score (nSPS) is 18.6. The molecule has 0 heterocycles. The van der Waals surface area contributed by atoms with E-state index in [0.29, 0.717) is 0 Å². The standard InChI is InChI=1S/C24H32FN.C2H3N/c1-26(19-17-20-8-3-2-4-9-20)18-7-10-21-13-15-22(16-14-21)23-11-5-6-12-24(23)25;1-2-3/h2-4,8-9,13-16,23-24H,5-7,10-12,17-19H2,1H3;1H3. The van der Waals surface area contributed by atoms with E-state index in [2.05, 4.69) is 66.5 Å². The fourth-order valence-corrected chi connectivity index (χ4v) is 4.02. The number of halogens is 1. The Balaban J connectivity index is 0.000000941. The molecule has 1 fully saturated rings. The highest BCUT2D eigenvalue weighted by molar-refractivity contribution is 5.26. The summed E-state index contributed by atoms with van der Waals surface area (Å²) in [5, 5.41) is 7.32. The summed E-state index contributed by atoms with van der Waals surface area (Å²) in [4.78, 5) is 2.41. The van der Waals surface area contributed by atoms with E-state index < -0.39 is 6.17 Å². The number of nitriles is 1. The topological polar surface area (TPSA) is 27.0 Å². The van der Waals surface area contributed by atoms with Crippen molar-refractivity contribution in [3.05, 3.63) is 71.3 Å². The van der Waals surface area contributed by atoms with Gasteiger partial charge in [-0.25, -0.2) is 4.39 Å². The Bertz CT molecular complexity index is 721. The third-order valence-electron chi connectivity index (χ3n) is 5.72. The van der Waals surface area contributed by atoms with E-state index in [9.17, 15) is 4.39 Å². The fraction of sp³-hybridized carbons (Fsp3) is 0.500. The van der Waals surface area contributed by atoms with Crippen molar-refractivity contribution in [1.82, 2.24) is 4.90 Å². The van der Waals surface area contributed by atoms with Crippen LogP contribution >= 0.6 is 0 Å². The maximum atomic E-state index is 14.1. The van der Waals surface area contributed by atoms with Gasteiger partial charge < -0.3 is 4.90 Å². The van der Waals surface area contributed by atoms with Crippen LogP contribution in [0.2, 0.25) is 0 Å². The van der Waals surface area contributed by atoms with Gasteiger partial charge in [-0.2, -0.15) is 5.26 Å². The zero-order valence-electron chi connectivity index (χ0n) is 18.0. The summed E-state index contributed by atoms with van der Waals surface area (Å²) in [6.45, 7) is 3.65. The van der Waals surface area contributed by atoms with Gasteiger partial charge in [0.25, 0.3) is 0 Å². The predicted molar refractivity (Wildman–Crippen MR) is 120 cm³/mol. The second-order valence-electron chi connectivity index (χ2n) is 8.01. The second kappa shape index (κ2) is 13.1. The van der Waals surface area contributed by atoms with Crippen LogP contribution in [0.25, 0.3) is 0 Å². The lowest BCUT2D eigenvalue weighted by atomic mass is 9.82. The van der Waals surface area contributed by atoms with E-state index in [1.54, 1.807) is 6.07 Å². The monoisotopic (exact) mass is 394 g/mol. The zero-order chi connectivity index (χ0) is 20.9. The van der Waals surface area contributed by atoms with Crippen molar-refractivity contribution >= 4 is 0 Å². The van der Waals surface area contributed by atoms with Gasteiger partial charge in [0, 0.05) is 19.4 Å². The number of alkyl halides is 1. The number of rotatable bonds is 8. The maximum absolute atomic E-state index is 14.1. The first kappa shape index (κ1) is 23.1. The van der Waals surface area contributed by atoms with Crippen molar-refractivity contribution in [2.45, 2.75) is 64.0 Å². The van der Waals surface area contributed by atoms with Crippen LogP contribution in [0.4, 0.5) is 4.39 Å². The van der Waals surface area contributed by atoms with Crippen molar-refractivity contribution in [3.63, 3.8) is 0 Å². The number of likely N-dealkylation sites (N-methyl/N-ethyl adjacent to an activating group) is 1. The van der Waals surface area contributed by atoms with Crippen molar-refractivity contribution in [3.8, 4) is 6.07 Å². The minimum Gasteiger partial charge on any atom is -0.306 e. The molecule has 2 aromatic carbocycles. The molecule has 156 valence electrons. The molecule has 0 aromatic heterocycles. The van der Waals surface area contributed by atoms with Gasteiger partial charge in [0.05, 0.1) is 6.07 Å². The highest BCUT2D eigenvalue weighted by Crippen LogP contribution is 2.35. The fourth-order valence-electron chi connectivity index (χ4n) is 4.02. The van der Waals surface area contributed by atoms with Gasteiger partial charge in [-0.05, 0) is 62.4 Å². The lowest BCUT2D eigenvalue weighted by molar-refractivity contribution is 0.216. The van der Waals surface area contributed by atoms with Crippen LogP contribution in [0.15, 0.2) is 54.6 Å². The molecule has 2 atom stereocenters. The molecule has 0 bridgehead atoms. The average Bonchev–Trinajstić information content (AvgIpc) is 2.75. The van der Waals surface area contributed by atoms with E-state index in [-0.39, 0.29) is 5.92 Å². The van der Waals surface area contributed by atoms with Crippen LogP contribution in [0, 0.1) is 11.3 Å². The zero-order valence-corrected chi connectivity index (χ0v) is 18.0. The molecule has 0 N–H and O–H groups in total. The van der Waals surface area contributed by atoms with Crippen molar-refractivity contribution < 1.29 is 4.39 Å². The SMILES string of the molecule is CC#N.CN(CCCc1ccc(C2CCCCC2F)cc1)CCc1ccccc1. The smallest absolute Gasteiger partial charge is 0.107 e. The Morgan fingerprint density at radius 1 is 0.931 bits per heavy atom. The summed E-state index contributed by atoms with van der Waals surface area (Å²) in [5.74, 6) is 0.127. The van der Waals surface area contributed by atoms with Crippen LogP contribution in [0.1, 0.15) is 61.6 Å². The number of aryl methyl sites for hydroxylation is 1. The largest absolute Gasteiger partial charge is 0.306 e. The minimum atomic E-state index is -0.645. The molecular weight excluding hydrogens is 359 g/mol. The molecule has 2 aromatic rings. The number of hydrogen-bond donors (Lipinski definition) is 0. The van der Waals surface area contributed by atoms with Crippen molar-refractivity contribution in [1.29, 1.82) is 5.26 Å². The highest BCUT2D eigenvalue weighted by atomic mass is 19.1. The Morgan fingerprint density at radius 2 is 1.55 bits per heavy atom. The van der Waals surface area contributed by atoms with Crippen LogP contribution in [-0.4, -0.2) is 31.2 Å². The Labute approximate surface area is 176 Å². The Morgan fingerprint density at radius 3 is 2.21 bits per heavy atom. The molecule has 2 unspecified atom stereocenters. The summed E-state index contributed by atoms with van der Waals surface area (Å²) < 4.78 is 14.1. The number of nitrogens with zero attached hydrogens (tertiary/aromatic N) is 2. The van der Waals surface area contributed by atoms with Gasteiger partial charge in [-0.15, -0.1) is 0 Å². The first-order valence-electron chi connectivity index (χ1n) is 10.9. The molecule has 0 saturated heterocycles. The van der Waals surface area contributed by atoms with Crippen LogP contribution < -0.4 is 0 Å². The molecule has 1 aliphatic rings. The van der Waals surface area contributed by atoms with Gasteiger partial charge in [0.2, 0.25) is 0 Å². The van der Waals surface area contributed by atoms with E-state index in [4.69, 9.17) is 5.26 Å². The molecule has 3 rings (SSSR count). The van der Waals surface area contributed by atoms with Crippen LogP contribution in [0.5, 0.6) is 0 Å². The summed E-state index contributed by atoms with van der Waals surface area (Å²) in [6.07, 6.45) is 6.69. The first-order valence-corrected chi connectivity index (χ1v) is 10.9. The summed E-state index contributed by atoms with van der Waals surface area (Å²) >= 11 is 0. The van der Waals surface area contributed by atoms with Crippen molar-refractivity contribution in [2.24, 2.45) is 0 Å². The third kappa shape index (κ3) is 8.38.